The maximum absolute atomic E-state index is 12.4. The molecule has 1 amide bonds. The van der Waals surface area contributed by atoms with Gasteiger partial charge in [-0.25, -0.2) is 0 Å². The third kappa shape index (κ3) is 4.25. The van der Waals surface area contributed by atoms with E-state index >= 15 is 0 Å². The summed E-state index contributed by atoms with van der Waals surface area (Å²) < 4.78 is 5.43. The molecule has 2 rings (SSSR count). The number of ether oxygens (including phenoxy) is 1. The number of nitrogens with one attached hydrogen (secondary N) is 1. The Bertz CT molecular complexity index is 732. The van der Waals surface area contributed by atoms with E-state index in [0.29, 0.717) is 12.2 Å². The van der Waals surface area contributed by atoms with Gasteiger partial charge >= 0.3 is 0 Å². The summed E-state index contributed by atoms with van der Waals surface area (Å²) >= 11 is 0. The first-order valence-corrected chi connectivity index (χ1v) is 8.14. The maximum Gasteiger partial charge on any atom is 0.251 e. The van der Waals surface area contributed by atoms with E-state index in [1.54, 1.807) is 30.3 Å². The van der Waals surface area contributed by atoms with E-state index < -0.39 is 0 Å². The molecule has 0 saturated carbocycles. The van der Waals surface area contributed by atoms with Crippen molar-refractivity contribution in [2.45, 2.75) is 33.7 Å². The van der Waals surface area contributed by atoms with E-state index in [0.717, 1.165) is 11.3 Å². The summed E-state index contributed by atoms with van der Waals surface area (Å²) in [6, 6.07) is 11.4. The molecule has 0 fully saturated rings. The van der Waals surface area contributed by atoms with Crippen LogP contribution >= 0.6 is 0 Å². The van der Waals surface area contributed by atoms with Crippen LogP contribution in [0.25, 0.3) is 0 Å². The predicted octanol–water partition coefficient (Wildman–Crippen LogP) is 4.67. The lowest BCUT2D eigenvalue weighted by atomic mass is 9.96. The van der Waals surface area contributed by atoms with Crippen LogP contribution in [0.3, 0.4) is 0 Å². The predicted molar refractivity (Wildman–Crippen MR) is 98.7 cm³/mol. The largest absolute Gasteiger partial charge is 0.490 e. The molecule has 2 aromatic carbocycles. The van der Waals surface area contributed by atoms with Gasteiger partial charge in [0.1, 0.15) is 12.4 Å². The van der Waals surface area contributed by atoms with Crippen LogP contribution in [0.1, 0.15) is 45.6 Å². The van der Waals surface area contributed by atoms with Crippen LogP contribution in [0, 0.1) is 20.8 Å². The van der Waals surface area contributed by atoms with E-state index in [9.17, 15) is 4.79 Å². The number of carbonyl (C=O) groups excluding carboxylic acids is 1. The molecule has 0 saturated heterocycles. The fraction of sp³-hybridized carbons (Fsp3) is 0.286. The lowest BCUT2D eigenvalue weighted by Crippen LogP contribution is -2.27. The molecular formula is C21H25NO2. The second-order valence-electron chi connectivity index (χ2n) is 6.11. The van der Waals surface area contributed by atoms with Crippen molar-refractivity contribution in [1.82, 2.24) is 5.32 Å². The second kappa shape index (κ2) is 7.82. The summed E-state index contributed by atoms with van der Waals surface area (Å²) in [6.45, 7) is 12.4. The van der Waals surface area contributed by atoms with Crippen LogP contribution in [0.15, 0.2) is 49.1 Å². The van der Waals surface area contributed by atoms with Crippen LogP contribution in [-0.4, -0.2) is 12.5 Å². The maximum atomic E-state index is 12.4. The zero-order chi connectivity index (χ0) is 17.7. The molecule has 24 heavy (non-hydrogen) atoms. The minimum Gasteiger partial charge on any atom is -0.490 e. The monoisotopic (exact) mass is 323 g/mol. The number of carbonyl (C=O) groups is 1. The highest BCUT2D eigenvalue weighted by Gasteiger charge is 2.14. The summed E-state index contributed by atoms with van der Waals surface area (Å²) in [7, 11) is 0. The van der Waals surface area contributed by atoms with Crippen LogP contribution in [0.4, 0.5) is 0 Å². The van der Waals surface area contributed by atoms with Crippen molar-refractivity contribution in [3.8, 4) is 5.75 Å². The van der Waals surface area contributed by atoms with Gasteiger partial charge in [-0.1, -0.05) is 24.8 Å². The van der Waals surface area contributed by atoms with Gasteiger partial charge in [0.25, 0.3) is 5.91 Å². The Morgan fingerprint density at radius 1 is 1.12 bits per heavy atom. The summed E-state index contributed by atoms with van der Waals surface area (Å²) in [5.41, 5.74) is 5.47. The Hall–Kier alpha value is -2.55. The Labute approximate surface area is 144 Å². The van der Waals surface area contributed by atoms with Crippen molar-refractivity contribution < 1.29 is 9.53 Å². The average molecular weight is 323 g/mol. The lowest BCUT2D eigenvalue weighted by Gasteiger charge is -2.18. The van der Waals surface area contributed by atoms with Gasteiger partial charge in [-0.2, -0.15) is 0 Å². The van der Waals surface area contributed by atoms with E-state index in [-0.39, 0.29) is 11.9 Å². The molecule has 0 spiro atoms. The Morgan fingerprint density at radius 2 is 1.75 bits per heavy atom. The molecule has 0 bridgehead atoms. The molecule has 2 aromatic rings. The molecule has 0 aliphatic carbocycles. The summed E-state index contributed by atoms with van der Waals surface area (Å²) in [5.74, 6) is 0.639. The van der Waals surface area contributed by atoms with Crippen LogP contribution in [-0.2, 0) is 0 Å². The minimum absolute atomic E-state index is 0.0477. The third-order valence-electron chi connectivity index (χ3n) is 4.18. The van der Waals surface area contributed by atoms with Gasteiger partial charge < -0.3 is 10.1 Å². The number of rotatable bonds is 6. The molecule has 0 aromatic heterocycles. The van der Waals surface area contributed by atoms with Crippen LogP contribution in [0.5, 0.6) is 5.75 Å². The molecule has 0 aliphatic rings. The van der Waals surface area contributed by atoms with Gasteiger partial charge in [0.15, 0.2) is 0 Å². The lowest BCUT2D eigenvalue weighted by molar-refractivity contribution is 0.0940. The highest BCUT2D eigenvalue weighted by atomic mass is 16.5. The van der Waals surface area contributed by atoms with Crippen molar-refractivity contribution in [1.29, 1.82) is 0 Å². The zero-order valence-electron chi connectivity index (χ0n) is 14.8. The molecular weight excluding hydrogens is 298 g/mol. The molecule has 0 aliphatic heterocycles. The van der Waals surface area contributed by atoms with Crippen molar-refractivity contribution in [3.05, 3.63) is 76.9 Å². The zero-order valence-corrected chi connectivity index (χ0v) is 14.8. The molecule has 0 radical (unpaired) electrons. The number of amides is 1. The number of benzene rings is 2. The van der Waals surface area contributed by atoms with Gasteiger partial charge in [-0.3, -0.25) is 4.79 Å². The smallest absolute Gasteiger partial charge is 0.251 e. The van der Waals surface area contributed by atoms with Gasteiger partial charge in [0.2, 0.25) is 0 Å². The molecule has 3 heteroatoms. The Morgan fingerprint density at radius 3 is 2.38 bits per heavy atom. The molecule has 126 valence electrons. The van der Waals surface area contributed by atoms with E-state index in [2.05, 4.69) is 44.8 Å². The van der Waals surface area contributed by atoms with E-state index in [4.69, 9.17) is 4.74 Å². The van der Waals surface area contributed by atoms with Crippen molar-refractivity contribution in [2.75, 3.05) is 6.61 Å². The van der Waals surface area contributed by atoms with Gasteiger partial charge in [0.05, 0.1) is 6.04 Å². The highest BCUT2D eigenvalue weighted by molar-refractivity contribution is 5.94. The summed E-state index contributed by atoms with van der Waals surface area (Å²) in [6.07, 6.45) is 1.69. The van der Waals surface area contributed by atoms with Gasteiger partial charge in [-0.05, 0) is 74.2 Å². The summed E-state index contributed by atoms with van der Waals surface area (Å²) in [5, 5.41) is 3.07. The fourth-order valence-electron chi connectivity index (χ4n) is 2.66. The SMILES string of the molecule is C=CCOc1ccc(C(=O)NC(C)c2cc(C)c(C)cc2C)cc1. The van der Waals surface area contributed by atoms with Crippen LogP contribution in [0.2, 0.25) is 0 Å². The van der Waals surface area contributed by atoms with Crippen LogP contribution < -0.4 is 10.1 Å². The molecule has 1 atom stereocenters. The highest BCUT2D eigenvalue weighted by Crippen LogP contribution is 2.22. The molecule has 0 heterocycles. The minimum atomic E-state index is -0.0876. The number of hydrogen-bond donors (Lipinski definition) is 1. The normalized spacial score (nSPS) is 11.7. The Kier molecular flexibility index (Phi) is 5.80. The van der Waals surface area contributed by atoms with E-state index in [1.165, 1.54) is 16.7 Å². The number of hydrogen-bond acceptors (Lipinski definition) is 2. The molecule has 1 unspecified atom stereocenters. The van der Waals surface area contributed by atoms with Gasteiger partial charge in [-0.15, -0.1) is 0 Å². The second-order valence-corrected chi connectivity index (χ2v) is 6.11. The fourth-order valence-corrected chi connectivity index (χ4v) is 2.66. The number of aryl methyl sites for hydroxylation is 3. The first-order valence-electron chi connectivity index (χ1n) is 8.14. The first-order chi connectivity index (χ1) is 11.4. The van der Waals surface area contributed by atoms with E-state index in [1.807, 2.05) is 6.92 Å². The van der Waals surface area contributed by atoms with Crippen molar-refractivity contribution >= 4 is 5.91 Å². The standard InChI is InChI=1S/C21H25NO2/c1-6-11-24-19-9-7-18(8-10-19)21(23)22-17(5)20-13-15(3)14(2)12-16(20)4/h6-10,12-13,17H,1,11H2,2-5H3,(H,22,23). The van der Waals surface area contributed by atoms with Gasteiger partial charge in [0, 0.05) is 5.56 Å². The van der Waals surface area contributed by atoms with Crippen molar-refractivity contribution in [2.24, 2.45) is 0 Å². The molecule has 3 nitrogen and oxygen atoms in total. The Balaban J connectivity index is 2.08. The average Bonchev–Trinajstić information content (AvgIpc) is 2.56. The van der Waals surface area contributed by atoms with Crippen molar-refractivity contribution in [3.63, 3.8) is 0 Å². The third-order valence-corrected chi connectivity index (χ3v) is 4.18. The molecule has 1 N–H and O–H groups in total. The topological polar surface area (TPSA) is 38.3 Å². The first kappa shape index (κ1) is 17.8. The summed E-state index contributed by atoms with van der Waals surface area (Å²) in [4.78, 5) is 12.4. The quantitative estimate of drug-likeness (QED) is 0.785.